The van der Waals surface area contributed by atoms with Gasteiger partial charge in [-0.05, 0) is 42.3 Å². The maximum atomic E-state index is 15.5. The van der Waals surface area contributed by atoms with Crippen LogP contribution < -0.4 is 4.74 Å². The lowest BCUT2D eigenvalue weighted by atomic mass is 10.1. The highest BCUT2D eigenvalue weighted by molar-refractivity contribution is 7.20. The SMILES string of the molecule is COC(=O)c1cc2c(nc(Cc3ccc(-c4cccc(OCc5ccc(Cl)c6cc(F)oc56)n4)c(F)c3)n2C[C@@H]2CCO2)s1. The molecule has 4 aromatic heterocycles. The predicted molar refractivity (Wildman–Crippen MR) is 161 cm³/mol. The average Bonchev–Trinajstić information content (AvgIpc) is 3.68. The zero-order valence-electron chi connectivity index (χ0n) is 23.3. The van der Waals surface area contributed by atoms with Gasteiger partial charge in [0.2, 0.25) is 5.88 Å². The first-order chi connectivity index (χ1) is 21.4. The molecule has 0 aliphatic carbocycles. The maximum absolute atomic E-state index is 15.5. The molecule has 1 fully saturated rings. The summed E-state index contributed by atoms with van der Waals surface area (Å²) in [5.41, 5.74) is 3.18. The first-order valence-electron chi connectivity index (χ1n) is 13.8. The molecule has 224 valence electrons. The highest BCUT2D eigenvalue weighted by Crippen LogP contribution is 2.32. The van der Waals surface area contributed by atoms with E-state index in [4.69, 9.17) is 35.2 Å². The Labute approximate surface area is 258 Å². The van der Waals surface area contributed by atoms with Crippen molar-refractivity contribution in [2.24, 2.45) is 0 Å². The van der Waals surface area contributed by atoms with Crippen molar-refractivity contribution in [1.82, 2.24) is 14.5 Å². The third-order valence-electron chi connectivity index (χ3n) is 7.55. The van der Waals surface area contributed by atoms with Crippen LogP contribution in [0, 0.1) is 11.8 Å². The lowest BCUT2D eigenvalue weighted by Gasteiger charge is -2.27. The van der Waals surface area contributed by atoms with Gasteiger partial charge in [-0.3, -0.25) is 0 Å². The minimum Gasteiger partial charge on any atom is -0.473 e. The van der Waals surface area contributed by atoms with E-state index in [1.807, 2.05) is 10.6 Å². The fourth-order valence-electron chi connectivity index (χ4n) is 5.22. The quantitative estimate of drug-likeness (QED) is 0.151. The van der Waals surface area contributed by atoms with Gasteiger partial charge < -0.3 is 23.2 Å². The Bertz CT molecular complexity index is 2030. The second-order valence-corrected chi connectivity index (χ2v) is 11.8. The minimum atomic E-state index is -0.739. The van der Waals surface area contributed by atoms with Crippen LogP contribution >= 0.6 is 22.9 Å². The van der Waals surface area contributed by atoms with Gasteiger partial charge in [-0.15, -0.1) is 11.3 Å². The van der Waals surface area contributed by atoms with Crippen molar-refractivity contribution in [3.63, 3.8) is 0 Å². The number of thiophene rings is 1. The summed E-state index contributed by atoms with van der Waals surface area (Å²) in [6, 6.07) is 15.7. The Morgan fingerprint density at radius 1 is 1.14 bits per heavy atom. The van der Waals surface area contributed by atoms with E-state index in [9.17, 15) is 9.18 Å². The number of esters is 1. The molecule has 0 bridgehead atoms. The standard InChI is InChI=1S/C32H24ClF2N3O5S/c1-40-32(39)26-14-25-31(44-26)37-28(38(25)15-19-9-10-41-19)12-17-5-7-20(23(34)11-17)24-3-2-4-29(36-24)42-16-18-6-8-22(33)21-13-27(35)43-30(18)21/h2-8,11,13-14,19H,9-10,12,15-16H2,1H3/t19-/m0/s1. The maximum Gasteiger partial charge on any atom is 0.348 e. The van der Waals surface area contributed by atoms with E-state index in [0.29, 0.717) is 55.5 Å². The molecule has 7 rings (SSSR count). The molecular formula is C32H24ClF2N3O5S. The van der Waals surface area contributed by atoms with Crippen molar-refractivity contribution < 1.29 is 32.2 Å². The number of fused-ring (bicyclic) bond motifs is 2. The molecule has 1 aliphatic heterocycles. The number of nitrogens with zero attached hydrogens (tertiary/aromatic N) is 3. The van der Waals surface area contributed by atoms with E-state index < -0.39 is 17.8 Å². The van der Waals surface area contributed by atoms with Crippen molar-refractivity contribution in [2.75, 3.05) is 13.7 Å². The number of carbonyl (C=O) groups excluding carboxylic acids is 1. The van der Waals surface area contributed by atoms with E-state index in [0.717, 1.165) is 29.9 Å². The van der Waals surface area contributed by atoms with Crippen molar-refractivity contribution in [1.29, 1.82) is 0 Å². The first kappa shape index (κ1) is 28.5. The predicted octanol–water partition coefficient (Wildman–Crippen LogP) is 7.58. The fourth-order valence-corrected chi connectivity index (χ4v) is 6.39. The Kier molecular flexibility index (Phi) is 7.53. The summed E-state index contributed by atoms with van der Waals surface area (Å²) in [5, 5.41) is 0.832. The molecule has 1 atom stereocenters. The van der Waals surface area contributed by atoms with Crippen LogP contribution in [0.2, 0.25) is 5.02 Å². The van der Waals surface area contributed by atoms with Gasteiger partial charge >= 0.3 is 5.97 Å². The smallest absolute Gasteiger partial charge is 0.348 e. The molecule has 8 nitrogen and oxygen atoms in total. The minimum absolute atomic E-state index is 0.0512. The van der Waals surface area contributed by atoms with Crippen LogP contribution in [0.1, 0.15) is 33.0 Å². The van der Waals surface area contributed by atoms with Crippen molar-refractivity contribution in [3.05, 3.63) is 99.3 Å². The van der Waals surface area contributed by atoms with E-state index in [1.54, 1.807) is 42.5 Å². The average molecular weight is 636 g/mol. The van der Waals surface area contributed by atoms with Crippen LogP contribution in [0.5, 0.6) is 5.88 Å². The van der Waals surface area contributed by atoms with Gasteiger partial charge in [0.05, 0.1) is 36.0 Å². The molecule has 0 saturated carbocycles. The van der Waals surface area contributed by atoms with Gasteiger partial charge in [0.15, 0.2) is 0 Å². The van der Waals surface area contributed by atoms with Crippen LogP contribution in [-0.4, -0.2) is 40.3 Å². The van der Waals surface area contributed by atoms with Crippen molar-refractivity contribution in [3.8, 4) is 17.1 Å². The van der Waals surface area contributed by atoms with Crippen molar-refractivity contribution >= 4 is 50.2 Å². The summed E-state index contributed by atoms with van der Waals surface area (Å²) in [6.07, 6.45) is 1.40. The van der Waals surface area contributed by atoms with E-state index >= 15 is 4.39 Å². The molecule has 0 N–H and O–H groups in total. The molecule has 0 spiro atoms. The second-order valence-electron chi connectivity index (χ2n) is 10.4. The number of pyridine rings is 1. The Hall–Kier alpha value is -4.32. The number of halogens is 3. The molecule has 1 saturated heterocycles. The van der Waals surface area contributed by atoms with Gasteiger partial charge in [0, 0.05) is 41.7 Å². The topological polar surface area (TPSA) is 88.6 Å². The molecule has 2 aromatic carbocycles. The van der Waals surface area contributed by atoms with E-state index in [2.05, 4.69) is 4.98 Å². The van der Waals surface area contributed by atoms with E-state index in [1.165, 1.54) is 30.6 Å². The molecule has 0 unspecified atom stereocenters. The second kappa shape index (κ2) is 11.6. The number of methoxy groups -OCH3 is 1. The first-order valence-corrected chi connectivity index (χ1v) is 15.0. The molecule has 6 aromatic rings. The normalized spacial score (nSPS) is 14.7. The molecule has 0 radical (unpaired) electrons. The third-order valence-corrected chi connectivity index (χ3v) is 8.87. The lowest BCUT2D eigenvalue weighted by Crippen LogP contribution is -2.31. The third kappa shape index (κ3) is 5.42. The summed E-state index contributed by atoms with van der Waals surface area (Å²) >= 11 is 7.42. The van der Waals surface area contributed by atoms with Crippen LogP contribution in [0.15, 0.2) is 65.1 Å². The molecular weight excluding hydrogens is 612 g/mol. The summed E-state index contributed by atoms with van der Waals surface area (Å²) in [6.45, 7) is 1.36. The Morgan fingerprint density at radius 3 is 2.77 bits per heavy atom. The molecule has 44 heavy (non-hydrogen) atoms. The molecule has 1 aliphatic rings. The number of furan rings is 1. The lowest BCUT2D eigenvalue weighted by molar-refractivity contribution is -0.0589. The Balaban J connectivity index is 1.11. The monoisotopic (exact) mass is 635 g/mol. The summed E-state index contributed by atoms with van der Waals surface area (Å²) in [4.78, 5) is 22.5. The number of hydrogen-bond donors (Lipinski definition) is 0. The number of benzene rings is 2. The summed E-state index contributed by atoms with van der Waals surface area (Å²) in [7, 11) is 1.35. The fraction of sp³-hybridized carbons (Fsp3) is 0.219. The summed E-state index contributed by atoms with van der Waals surface area (Å²) < 4.78 is 52.8. The van der Waals surface area contributed by atoms with Gasteiger partial charge in [0.25, 0.3) is 6.01 Å². The highest BCUT2D eigenvalue weighted by Gasteiger charge is 2.24. The number of carbonyl (C=O) groups is 1. The molecule has 5 heterocycles. The van der Waals surface area contributed by atoms with Crippen LogP contribution in [-0.2, 0) is 29.0 Å². The van der Waals surface area contributed by atoms with Gasteiger partial charge in [-0.1, -0.05) is 29.8 Å². The number of imidazole rings is 1. The molecule has 12 heteroatoms. The zero-order valence-corrected chi connectivity index (χ0v) is 24.9. The number of rotatable bonds is 9. The van der Waals surface area contributed by atoms with Crippen LogP contribution in [0.25, 0.3) is 32.6 Å². The summed E-state index contributed by atoms with van der Waals surface area (Å²) in [5.74, 6) is 0.184. The largest absolute Gasteiger partial charge is 0.473 e. The van der Waals surface area contributed by atoms with Gasteiger partial charge in [-0.2, -0.15) is 4.39 Å². The van der Waals surface area contributed by atoms with E-state index in [-0.39, 0.29) is 18.6 Å². The number of aromatic nitrogens is 3. The van der Waals surface area contributed by atoms with Crippen LogP contribution in [0.4, 0.5) is 8.78 Å². The number of ether oxygens (including phenoxy) is 3. The van der Waals surface area contributed by atoms with Gasteiger partial charge in [-0.25, -0.2) is 19.2 Å². The zero-order chi connectivity index (χ0) is 30.4. The number of hydrogen-bond acceptors (Lipinski definition) is 8. The molecule has 0 amide bonds. The Morgan fingerprint density at radius 2 is 2.00 bits per heavy atom. The van der Waals surface area contributed by atoms with Gasteiger partial charge in [0.1, 0.15) is 33.5 Å². The van der Waals surface area contributed by atoms with Crippen LogP contribution in [0.3, 0.4) is 0 Å². The highest BCUT2D eigenvalue weighted by atomic mass is 35.5. The van der Waals surface area contributed by atoms with Crippen molar-refractivity contribution in [2.45, 2.75) is 32.1 Å².